The zero-order chi connectivity index (χ0) is 17.8. The van der Waals surface area contributed by atoms with Crippen LogP contribution in [-0.2, 0) is 13.0 Å². The second kappa shape index (κ2) is 7.92. The third kappa shape index (κ3) is 4.07. The number of nitrogens with one attached hydrogen (secondary N) is 1. The monoisotopic (exact) mass is 350 g/mol. The van der Waals surface area contributed by atoms with Crippen LogP contribution in [0.5, 0.6) is 5.75 Å². The van der Waals surface area contributed by atoms with E-state index < -0.39 is 0 Å². The van der Waals surface area contributed by atoms with Crippen molar-refractivity contribution in [3.8, 4) is 5.75 Å². The molecule has 26 heavy (non-hydrogen) atoms. The molecule has 0 aromatic heterocycles. The summed E-state index contributed by atoms with van der Waals surface area (Å²) in [4.78, 5) is 15.0. The van der Waals surface area contributed by atoms with E-state index in [2.05, 4.69) is 28.4 Å². The number of amides is 1. The predicted octanol–water partition coefficient (Wildman–Crippen LogP) is 3.41. The van der Waals surface area contributed by atoms with Crippen LogP contribution in [-0.4, -0.2) is 36.5 Å². The molecule has 2 aromatic rings. The minimum atomic E-state index is -0.0255. The van der Waals surface area contributed by atoms with Crippen LogP contribution in [0.15, 0.2) is 48.5 Å². The van der Waals surface area contributed by atoms with E-state index in [1.54, 1.807) is 0 Å². The molecule has 0 bridgehead atoms. The van der Waals surface area contributed by atoms with E-state index in [1.165, 1.54) is 37.9 Å². The van der Waals surface area contributed by atoms with Crippen LogP contribution in [0.4, 0.5) is 0 Å². The first kappa shape index (κ1) is 17.1. The quantitative estimate of drug-likeness (QED) is 0.919. The molecule has 2 aliphatic rings. The third-order valence-corrected chi connectivity index (χ3v) is 5.29. The highest BCUT2D eigenvalue weighted by molar-refractivity contribution is 5.94. The normalized spacial score (nSPS) is 20.1. The molecule has 0 radical (unpaired) electrons. The molecule has 0 aliphatic carbocycles. The van der Waals surface area contributed by atoms with Crippen molar-refractivity contribution in [3.05, 3.63) is 65.2 Å². The summed E-state index contributed by atoms with van der Waals surface area (Å²) >= 11 is 0. The van der Waals surface area contributed by atoms with Gasteiger partial charge < -0.3 is 10.1 Å². The number of benzene rings is 2. The summed E-state index contributed by atoms with van der Waals surface area (Å²) < 4.78 is 5.76. The second-order valence-corrected chi connectivity index (χ2v) is 7.33. The van der Waals surface area contributed by atoms with Crippen molar-refractivity contribution in [1.82, 2.24) is 10.2 Å². The van der Waals surface area contributed by atoms with Crippen LogP contribution < -0.4 is 10.1 Å². The van der Waals surface area contributed by atoms with E-state index in [0.717, 1.165) is 24.3 Å². The Morgan fingerprint density at radius 2 is 1.81 bits per heavy atom. The Morgan fingerprint density at radius 3 is 2.62 bits per heavy atom. The van der Waals surface area contributed by atoms with Gasteiger partial charge in [0.2, 0.25) is 0 Å². The Hall–Kier alpha value is -2.33. The average molecular weight is 350 g/mol. The highest BCUT2D eigenvalue weighted by atomic mass is 16.5. The van der Waals surface area contributed by atoms with Gasteiger partial charge in [0.15, 0.2) is 0 Å². The molecule has 1 saturated heterocycles. The van der Waals surface area contributed by atoms with Gasteiger partial charge in [-0.1, -0.05) is 36.8 Å². The molecule has 1 unspecified atom stereocenters. The van der Waals surface area contributed by atoms with Crippen LogP contribution in [0.1, 0.15) is 40.7 Å². The van der Waals surface area contributed by atoms with Crippen molar-refractivity contribution in [2.24, 2.45) is 0 Å². The average Bonchev–Trinajstić information content (AvgIpc) is 2.69. The number of carbonyl (C=O) groups is 1. The van der Waals surface area contributed by atoms with E-state index in [0.29, 0.717) is 12.2 Å². The number of para-hydroxylation sites is 1. The summed E-state index contributed by atoms with van der Waals surface area (Å²) in [5, 5.41) is 3.10. The molecule has 0 saturated carbocycles. The number of fused-ring (bicyclic) bond motifs is 1. The summed E-state index contributed by atoms with van der Waals surface area (Å²) in [6, 6.07) is 16.1. The minimum Gasteiger partial charge on any atom is -0.491 e. The number of likely N-dealkylation sites (tertiary alicyclic amines) is 1. The zero-order valence-electron chi connectivity index (χ0n) is 15.1. The summed E-state index contributed by atoms with van der Waals surface area (Å²) in [5.74, 6) is 0.905. The number of hydrogen-bond donors (Lipinski definition) is 1. The Balaban J connectivity index is 1.33. The largest absolute Gasteiger partial charge is 0.491 e. The second-order valence-electron chi connectivity index (χ2n) is 7.33. The van der Waals surface area contributed by atoms with E-state index >= 15 is 0 Å². The fourth-order valence-corrected chi connectivity index (χ4v) is 3.83. The van der Waals surface area contributed by atoms with Gasteiger partial charge in [-0.15, -0.1) is 0 Å². The summed E-state index contributed by atoms with van der Waals surface area (Å²) in [6.45, 7) is 3.88. The Labute approximate surface area is 155 Å². The van der Waals surface area contributed by atoms with Crippen LogP contribution >= 0.6 is 0 Å². The van der Waals surface area contributed by atoms with E-state index in [9.17, 15) is 4.79 Å². The smallest absolute Gasteiger partial charge is 0.251 e. The maximum atomic E-state index is 12.5. The van der Waals surface area contributed by atoms with Gasteiger partial charge in [0.25, 0.3) is 5.91 Å². The minimum absolute atomic E-state index is 0.0189. The number of piperidine rings is 1. The van der Waals surface area contributed by atoms with Gasteiger partial charge in [0, 0.05) is 12.1 Å². The fourth-order valence-electron chi connectivity index (χ4n) is 3.83. The maximum absolute atomic E-state index is 12.5. The summed E-state index contributed by atoms with van der Waals surface area (Å²) in [7, 11) is 0. The molecule has 1 N–H and O–H groups in total. The number of ether oxygens (including phenoxy) is 1. The first-order valence-electron chi connectivity index (χ1n) is 9.61. The number of rotatable bonds is 4. The molecule has 4 heteroatoms. The molecule has 4 nitrogen and oxygen atoms in total. The molecule has 2 heterocycles. The van der Waals surface area contributed by atoms with Crippen molar-refractivity contribution in [1.29, 1.82) is 0 Å². The van der Waals surface area contributed by atoms with Crippen molar-refractivity contribution in [3.63, 3.8) is 0 Å². The Bertz CT molecular complexity index is 751. The molecular formula is C22H26N2O2. The van der Waals surface area contributed by atoms with Crippen molar-refractivity contribution in [2.45, 2.75) is 38.3 Å². The molecular weight excluding hydrogens is 324 g/mol. The maximum Gasteiger partial charge on any atom is 0.251 e. The van der Waals surface area contributed by atoms with E-state index in [4.69, 9.17) is 4.74 Å². The van der Waals surface area contributed by atoms with Gasteiger partial charge in [-0.25, -0.2) is 0 Å². The van der Waals surface area contributed by atoms with Crippen LogP contribution in [0, 0.1) is 0 Å². The molecule has 1 amide bonds. The Kier molecular flexibility index (Phi) is 5.21. The van der Waals surface area contributed by atoms with Gasteiger partial charge in [-0.3, -0.25) is 9.69 Å². The van der Waals surface area contributed by atoms with Gasteiger partial charge in [-0.2, -0.15) is 0 Å². The van der Waals surface area contributed by atoms with E-state index in [1.807, 2.05) is 30.3 Å². The summed E-state index contributed by atoms with van der Waals surface area (Å²) in [5.41, 5.74) is 3.14. The lowest BCUT2D eigenvalue weighted by Crippen LogP contribution is -2.42. The molecule has 4 rings (SSSR count). The van der Waals surface area contributed by atoms with Crippen molar-refractivity contribution in [2.75, 3.05) is 19.7 Å². The van der Waals surface area contributed by atoms with Crippen molar-refractivity contribution < 1.29 is 9.53 Å². The highest BCUT2D eigenvalue weighted by Crippen LogP contribution is 2.24. The molecule has 1 atom stereocenters. The number of nitrogens with zero attached hydrogens (tertiary/aromatic N) is 1. The van der Waals surface area contributed by atoms with Gasteiger partial charge in [0.1, 0.15) is 12.4 Å². The lowest BCUT2D eigenvalue weighted by atomic mass is 10.0. The Morgan fingerprint density at radius 1 is 1.04 bits per heavy atom. The lowest BCUT2D eigenvalue weighted by molar-refractivity contribution is 0.0915. The van der Waals surface area contributed by atoms with Crippen LogP contribution in [0.2, 0.25) is 0 Å². The molecule has 2 aromatic carbocycles. The van der Waals surface area contributed by atoms with Crippen molar-refractivity contribution >= 4 is 5.91 Å². The zero-order valence-corrected chi connectivity index (χ0v) is 15.1. The molecule has 136 valence electrons. The molecule has 1 fully saturated rings. The van der Waals surface area contributed by atoms with Gasteiger partial charge in [-0.05, 0) is 61.7 Å². The number of carbonyl (C=O) groups excluding carboxylic acids is 1. The first-order chi connectivity index (χ1) is 12.8. The lowest BCUT2D eigenvalue weighted by Gasteiger charge is -2.27. The molecule has 0 spiro atoms. The predicted molar refractivity (Wildman–Crippen MR) is 102 cm³/mol. The van der Waals surface area contributed by atoms with E-state index in [-0.39, 0.29) is 11.9 Å². The molecule has 2 aliphatic heterocycles. The fraction of sp³-hybridized carbons (Fsp3) is 0.409. The van der Waals surface area contributed by atoms with Crippen LogP contribution in [0.3, 0.4) is 0 Å². The topological polar surface area (TPSA) is 41.6 Å². The van der Waals surface area contributed by atoms with Gasteiger partial charge in [0.05, 0.1) is 6.04 Å². The SMILES string of the molecule is O=C(NC1COc2ccccc2C1)c1ccc(CN2CCCCC2)cc1. The standard InChI is InChI=1S/C22H26N2O2/c25-22(23-20-14-19-6-2-3-7-21(19)26-16-20)18-10-8-17(9-11-18)15-24-12-4-1-5-13-24/h2-3,6-11,20H,1,4-5,12-16H2,(H,23,25). The first-order valence-corrected chi connectivity index (χ1v) is 9.61. The highest BCUT2D eigenvalue weighted by Gasteiger charge is 2.21. The van der Waals surface area contributed by atoms with Gasteiger partial charge >= 0.3 is 0 Å². The third-order valence-electron chi connectivity index (χ3n) is 5.29. The summed E-state index contributed by atoms with van der Waals surface area (Å²) in [6.07, 6.45) is 4.76. The number of hydrogen-bond acceptors (Lipinski definition) is 3. The van der Waals surface area contributed by atoms with Crippen LogP contribution in [0.25, 0.3) is 0 Å².